The lowest BCUT2D eigenvalue weighted by atomic mass is 9.87. The molecule has 1 spiro atoms. The molecule has 0 radical (unpaired) electrons. The Morgan fingerprint density at radius 3 is 2.60 bits per heavy atom. The number of carbonyl (C=O) groups is 1. The molecule has 2 atom stereocenters. The van der Waals surface area contributed by atoms with Gasteiger partial charge in [-0.25, -0.2) is 0 Å². The predicted octanol–water partition coefficient (Wildman–Crippen LogP) is 3.59. The zero-order valence-corrected chi connectivity index (χ0v) is 15.9. The van der Waals surface area contributed by atoms with Gasteiger partial charge >= 0.3 is 0 Å². The van der Waals surface area contributed by atoms with E-state index in [-0.39, 0.29) is 5.54 Å². The van der Waals surface area contributed by atoms with Crippen LogP contribution in [0.15, 0.2) is 0 Å². The van der Waals surface area contributed by atoms with Crippen molar-refractivity contribution >= 4 is 5.91 Å². The number of carbonyl (C=O) groups excluding carboxylic acids is 1. The van der Waals surface area contributed by atoms with Gasteiger partial charge in [0.2, 0.25) is 5.91 Å². The molecule has 1 amide bonds. The van der Waals surface area contributed by atoms with Crippen molar-refractivity contribution in [3.63, 3.8) is 0 Å². The highest BCUT2D eigenvalue weighted by molar-refractivity contribution is 5.79. The van der Waals surface area contributed by atoms with Gasteiger partial charge in [0.05, 0.1) is 6.10 Å². The number of hydrogen-bond donors (Lipinski definition) is 0. The van der Waals surface area contributed by atoms with Gasteiger partial charge in [0.15, 0.2) is 0 Å². The van der Waals surface area contributed by atoms with E-state index in [0.717, 1.165) is 44.8 Å². The van der Waals surface area contributed by atoms with E-state index in [1.807, 2.05) is 0 Å². The van der Waals surface area contributed by atoms with Crippen molar-refractivity contribution in [2.45, 2.75) is 88.7 Å². The monoisotopic (exact) mass is 348 g/mol. The highest BCUT2D eigenvalue weighted by atomic mass is 16.5. The van der Waals surface area contributed by atoms with Gasteiger partial charge in [0.25, 0.3) is 0 Å². The minimum absolute atomic E-state index is 0.143. The summed E-state index contributed by atoms with van der Waals surface area (Å²) in [7, 11) is 0. The smallest absolute Gasteiger partial charge is 0.223 e. The van der Waals surface area contributed by atoms with Crippen LogP contribution in [-0.2, 0) is 9.53 Å². The third-order valence-corrected chi connectivity index (χ3v) is 7.34. The van der Waals surface area contributed by atoms with Gasteiger partial charge in [-0.2, -0.15) is 0 Å². The molecule has 25 heavy (non-hydrogen) atoms. The maximum atomic E-state index is 12.6. The van der Waals surface area contributed by atoms with Gasteiger partial charge in [-0.3, -0.25) is 4.79 Å². The van der Waals surface area contributed by atoms with Crippen molar-refractivity contribution in [2.75, 3.05) is 32.8 Å². The molecule has 4 rings (SSSR count). The Hall–Kier alpha value is -0.610. The van der Waals surface area contributed by atoms with Gasteiger partial charge in [0, 0.05) is 38.2 Å². The van der Waals surface area contributed by atoms with E-state index in [0.29, 0.717) is 12.0 Å². The van der Waals surface area contributed by atoms with Crippen molar-refractivity contribution in [1.29, 1.82) is 0 Å². The lowest BCUT2D eigenvalue weighted by Gasteiger charge is -2.39. The van der Waals surface area contributed by atoms with Crippen LogP contribution in [0.4, 0.5) is 0 Å². The second kappa shape index (κ2) is 7.96. The first-order valence-corrected chi connectivity index (χ1v) is 10.9. The van der Waals surface area contributed by atoms with Crippen LogP contribution in [0.2, 0.25) is 0 Å². The third-order valence-electron chi connectivity index (χ3n) is 7.34. The van der Waals surface area contributed by atoms with Gasteiger partial charge in [-0.15, -0.1) is 0 Å². The molecule has 4 heteroatoms. The number of rotatable bonds is 4. The van der Waals surface area contributed by atoms with E-state index in [1.54, 1.807) is 0 Å². The molecule has 4 aliphatic rings. The van der Waals surface area contributed by atoms with Crippen LogP contribution in [0.1, 0.15) is 77.0 Å². The molecule has 4 nitrogen and oxygen atoms in total. The quantitative estimate of drug-likeness (QED) is 0.778. The van der Waals surface area contributed by atoms with Crippen LogP contribution in [0.25, 0.3) is 0 Å². The summed E-state index contributed by atoms with van der Waals surface area (Å²) in [5, 5.41) is 0. The standard InChI is InChI=1S/C21H36N2O2/c24-20-9-11-21(23(20)17-19-8-4-15-25-19)10-5-13-22(14-12-21)16-18-6-2-1-3-7-18/h18-19H,1-17H2/t19-,21+/m1/s1. The molecule has 142 valence electrons. The summed E-state index contributed by atoms with van der Waals surface area (Å²) in [4.78, 5) is 17.6. The zero-order chi connectivity index (χ0) is 17.1. The Balaban J connectivity index is 1.36. The molecule has 0 unspecified atom stereocenters. The van der Waals surface area contributed by atoms with Crippen molar-refractivity contribution in [1.82, 2.24) is 9.80 Å². The second-order valence-electron chi connectivity index (χ2n) is 9.02. The van der Waals surface area contributed by atoms with Gasteiger partial charge < -0.3 is 14.5 Å². The Morgan fingerprint density at radius 2 is 1.80 bits per heavy atom. The maximum Gasteiger partial charge on any atom is 0.223 e. The Labute approximate surface area is 153 Å². The summed E-state index contributed by atoms with van der Waals surface area (Å²) in [6.07, 6.45) is 15.2. The first-order chi connectivity index (χ1) is 12.3. The van der Waals surface area contributed by atoms with E-state index >= 15 is 0 Å². The molecular weight excluding hydrogens is 312 g/mol. The summed E-state index contributed by atoms with van der Waals surface area (Å²) in [6, 6.07) is 0. The largest absolute Gasteiger partial charge is 0.376 e. The summed E-state index contributed by atoms with van der Waals surface area (Å²) in [5.41, 5.74) is 0.143. The fraction of sp³-hybridized carbons (Fsp3) is 0.952. The van der Waals surface area contributed by atoms with Gasteiger partial charge in [-0.05, 0) is 63.8 Å². The summed E-state index contributed by atoms with van der Waals surface area (Å²) < 4.78 is 5.85. The molecule has 3 aliphatic heterocycles. The molecule has 4 fully saturated rings. The molecule has 0 N–H and O–H groups in total. The normalized spacial score (nSPS) is 35.6. The Bertz CT molecular complexity index is 457. The van der Waals surface area contributed by atoms with Crippen LogP contribution >= 0.6 is 0 Å². The maximum absolute atomic E-state index is 12.6. The molecule has 3 saturated heterocycles. The lowest BCUT2D eigenvalue weighted by Crippen LogP contribution is -2.49. The van der Waals surface area contributed by atoms with Crippen LogP contribution in [0.5, 0.6) is 0 Å². The highest BCUT2D eigenvalue weighted by Crippen LogP contribution is 2.40. The minimum atomic E-state index is 0.143. The van der Waals surface area contributed by atoms with Crippen molar-refractivity contribution < 1.29 is 9.53 Å². The fourth-order valence-electron chi connectivity index (χ4n) is 5.83. The number of amides is 1. The average Bonchev–Trinajstić information content (AvgIpc) is 3.19. The van der Waals surface area contributed by atoms with E-state index in [4.69, 9.17) is 4.74 Å². The van der Waals surface area contributed by atoms with Crippen molar-refractivity contribution in [3.8, 4) is 0 Å². The first-order valence-electron chi connectivity index (χ1n) is 10.9. The number of nitrogens with zero attached hydrogens (tertiary/aromatic N) is 2. The first kappa shape index (κ1) is 17.8. The van der Waals surface area contributed by atoms with Crippen molar-refractivity contribution in [2.24, 2.45) is 5.92 Å². The molecular formula is C21H36N2O2. The van der Waals surface area contributed by atoms with Gasteiger partial charge in [0.1, 0.15) is 0 Å². The van der Waals surface area contributed by atoms with E-state index in [9.17, 15) is 4.79 Å². The molecule has 0 aromatic carbocycles. The molecule has 1 aliphatic carbocycles. The van der Waals surface area contributed by atoms with Crippen molar-refractivity contribution in [3.05, 3.63) is 0 Å². The third kappa shape index (κ3) is 4.05. The van der Waals surface area contributed by atoms with Crippen LogP contribution in [0.3, 0.4) is 0 Å². The number of ether oxygens (including phenoxy) is 1. The summed E-state index contributed by atoms with van der Waals surface area (Å²) in [6.45, 7) is 5.46. The molecule has 1 saturated carbocycles. The zero-order valence-electron chi connectivity index (χ0n) is 15.9. The van der Waals surface area contributed by atoms with E-state index in [2.05, 4.69) is 9.80 Å². The molecule has 0 bridgehead atoms. The Kier molecular flexibility index (Phi) is 5.66. The van der Waals surface area contributed by atoms with E-state index < -0.39 is 0 Å². The summed E-state index contributed by atoms with van der Waals surface area (Å²) >= 11 is 0. The van der Waals surface area contributed by atoms with Crippen LogP contribution < -0.4 is 0 Å². The fourth-order valence-corrected chi connectivity index (χ4v) is 5.83. The predicted molar refractivity (Wildman–Crippen MR) is 99.5 cm³/mol. The minimum Gasteiger partial charge on any atom is -0.376 e. The van der Waals surface area contributed by atoms with E-state index in [1.165, 1.54) is 71.0 Å². The highest BCUT2D eigenvalue weighted by Gasteiger charge is 2.46. The number of likely N-dealkylation sites (tertiary alicyclic amines) is 2. The average molecular weight is 349 g/mol. The topological polar surface area (TPSA) is 32.8 Å². The number of hydrogen-bond acceptors (Lipinski definition) is 3. The Morgan fingerprint density at radius 1 is 0.920 bits per heavy atom. The van der Waals surface area contributed by atoms with Crippen LogP contribution in [0, 0.1) is 5.92 Å². The van der Waals surface area contributed by atoms with Gasteiger partial charge in [-0.1, -0.05) is 19.3 Å². The summed E-state index contributed by atoms with van der Waals surface area (Å²) in [5.74, 6) is 1.31. The molecule has 3 heterocycles. The molecule has 0 aromatic heterocycles. The SMILES string of the molecule is O=C1CC[C@]2(CCCN(CC3CCCCC3)CC2)N1C[C@H]1CCCO1. The lowest BCUT2D eigenvalue weighted by molar-refractivity contribution is -0.133. The molecule has 0 aromatic rings. The van der Waals surface area contributed by atoms with Crippen LogP contribution in [-0.4, -0.2) is 60.1 Å². The second-order valence-corrected chi connectivity index (χ2v) is 9.02.